The number of hydrogen-bond donors (Lipinski definition) is 1. The van der Waals surface area contributed by atoms with Gasteiger partial charge in [-0.05, 0) is 68.4 Å². The Kier molecular flexibility index (Phi) is 9.17. The molecule has 2 aromatic rings. The Labute approximate surface area is 215 Å². The first-order valence-corrected chi connectivity index (χ1v) is 14.6. The van der Waals surface area contributed by atoms with Crippen molar-refractivity contribution in [3.63, 3.8) is 0 Å². The molecule has 196 valence electrons. The van der Waals surface area contributed by atoms with Crippen LogP contribution in [0.3, 0.4) is 0 Å². The summed E-state index contributed by atoms with van der Waals surface area (Å²) in [7, 11) is -3.75. The Morgan fingerprint density at radius 3 is 2.25 bits per heavy atom. The molecule has 0 heterocycles. The van der Waals surface area contributed by atoms with E-state index in [-0.39, 0.29) is 25.0 Å². The van der Waals surface area contributed by atoms with Crippen molar-refractivity contribution in [3.05, 3.63) is 64.7 Å². The summed E-state index contributed by atoms with van der Waals surface area (Å²) in [4.78, 5) is 28.8. The maximum atomic E-state index is 13.9. The Hall–Kier alpha value is -2.87. The number of nitrogens with zero attached hydrogens (tertiary/aromatic N) is 2. The third-order valence-corrected chi connectivity index (χ3v) is 8.34. The van der Waals surface area contributed by atoms with Gasteiger partial charge in [-0.3, -0.25) is 13.9 Å². The predicted octanol–water partition coefficient (Wildman–Crippen LogP) is 4.24. The van der Waals surface area contributed by atoms with Crippen LogP contribution in [0.25, 0.3) is 0 Å². The fraction of sp³-hybridized carbons (Fsp3) is 0.500. The second-order valence-corrected chi connectivity index (χ2v) is 11.8. The van der Waals surface area contributed by atoms with Crippen LogP contribution in [0.1, 0.15) is 61.3 Å². The van der Waals surface area contributed by atoms with E-state index >= 15 is 0 Å². The summed E-state index contributed by atoms with van der Waals surface area (Å²) in [5.74, 6) is -0.581. The fourth-order valence-electron chi connectivity index (χ4n) is 4.86. The van der Waals surface area contributed by atoms with Crippen molar-refractivity contribution >= 4 is 27.5 Å². The first-order chi connectivity index (χ1) is 17.0. The van der Waals surface area contributed by atoms with Crippen LogP contribution < -0.4 is 9.62 Å². The Morgan fingerprint density at radius 1 is 1.00 bits per heavy atom. The Balaban J connectivity index is 1.96. The maximum absolute atomic E-state index is 13.9. The highest BCUT2D eigenvalue weighted by Gasteiger charge is 2.33. The van der Waals surface area contributed by atoms with E-state index in [1.165, 1.54) is 0 Å². The molecular weight excluding hydrogens is 474 g/mol. The number of carbonyl (C=O) groups excluding carboxylic acids is 2. The molecule has 1 N–H and O–H groups in total. The standard InChI is InChI=1S/C28H39N3O4S/c1-6-25(28(33)29-24-15-9-10-16-24)30(18-23-14-8-7-12-21(23)3)27(32)19-31(36(5,34)35)26-17-11-13-20(2)22(26)4/h7-8,11-14,17,24-25H,6,9-10,15-16,18-19H2,1-5H3,(H,29,33)/t25-/m0/s1. The average Bonchev–Trinajstić information content (AvgIpc) is 3.33. The van der Waals surface area contributed by atoms with Gasteiger partial charge < -0.3 is 10.2 Å². The summed E-state index contributed by atoms with van der Waals surface area (Å²) in [6, 6.07) is 12.6. The van der Waals surface area contributed by atoms with Gasteiger partial charge in [0.1, 0.15) is 12.6 Å². The molecule has 0 bridgehead atoms. The van der Waals surface area contributed by atoms with E-state index in [1.54, 1.807) is 17.0 Å². The van der Waals surface area contributed by atoms with Crippen LogP contribution in [0.4, 0.5) is 5.69 Å². The molecule has 1 aliphatic rings. The van der Waals surface area contributed by atoms with E-state index in [9.17, 15) is 18.0 Å². The van der Waals surface area contributed by atoms with Gasteiger partial charge in [0.25, 0.3) is 0 Å². The molecule has 0 aliphatic heterocycles. The number of hydrogen-bond acceptors (Lipinski definition) is 4. The van der Waals surface area contributed by atoms with Gasteiger partial charge in [0.15, 0.2) is 0 Å². The minimum atomic E-state index is -3.75. The summed E-state index contributed by atoms with van der Waals surface area (Å²) in [5, 5.41) is 3.13. The normalized spacial score (nSPS) is 14.9. The van der Waals surface area contributed by atoms with Crippen molar-refractivity contribution in [2.45, 2.75) is 78.4 Å². The average molecular weight is 514 g/mol. The van der Waals surface area contributed by atoms with Crippen LogP contribution in [0.5, 0.6) is 0 Å². The number of carbonyl (C=O) groups is 2. The quantitative estimate of drug-likeness (QED) is 0.515. The third-order valence-electron chi connectivity index (χ3n) is 7.21. The fourth-order valence-corrected chi connectivity index (χ4v) is 5.76. The Bertz CT molecular complexity index is 1190. The first kappa shape index (κ1) is 27.7. The van der Waals surface area contributed by atoms with Gasteiger partial charge in [0, 0.05) is 12.6 Å². The second-order valence-electron chi connectivity index (χ2n) is 9.85. The van der Waals surface area contributed by atoms with Crippen molar-refractivity contribution in [3.8, 4) is 0 Å². The molecule has 1 atom stereocenters. The van der Waals surface area contributed by atoms with Crippen LogP contribution in [0.15, 0.2) is 42.5 Å². The monoisotopic (exact) mass is 513 g/mol. The lowest BCUT2D eigenvalue weighted by Crippen LogP contribution is -2.53. The van der Waals surface area contributed by atoms with Crippen molar-refractivity contribution < 1.29 is 18.0 Å². The van der Waals surface area contributed by atoms with Gasteiger partial charge in [0.05, 0.1) is 11.9 Å². The van der Waals surface area contributed by atoms with Crippen molar-refractivity contribution in [2.24, 2.45) is 0 Å². The number of rotatable bonds is 10. The van der Waals surface area contributed by atoms with Gasteiger partial charge in [0.2, 0.25) is 21.8 Å². The van der Waals surface area contributed by atoms with E-state index in [0.29, 0.717) is 12.1 Å². The highest BCUT2D eigenvalue weighted by atomic mass is 32.2. The smallest absolute Gasteiger partial charge is 0.244 e. The molecule has 2 amide bonds. The Morgan fingerprint density at radius 2 is 1.64 bits per heavy atom. The van der Waals surface area contributed by atoms with Gasteiger partial charge >= 0.3 is 0 Å². The highest BCUT2D eigenvalue weighted by Crippen LogP contribution is 2.26. The van der Waals surface area contributed by atoms with Gasteiger partial charge in [-0.25, -0.2) is 8.42 Å². The number of anilines is 1. The van der Waals surface area contributed by atoms with Crippen molar-refractivity contribution in [1.29, 1.82) is 0 Å². The zero-order valence-corrected chi connectivity index (χ0v) is 22.9. The van der Waals surface area contributed by atoms with Crippen molar-refractivity contribution in [2.75, 3.05) is 17.1 Å². The molecular formula is C28H39N3O4S. The van der Waals surface area contributed by atoms with Gasteiger partial charge in [-0.1, -0.05) is 56.2 Å². The predicted molar refractivity (Wildman–Crippen MR) is 144 cm³/mol. The summed E-state index contributed by atoms with van der Waals surface area (Å²) < 4.78 is 26.8. The van der Waals surface area contributed by atoms with Crippen LogP contribution in [0, 0.1) is 20.8 Å². The number of benzene rings is 2. The maximum Gasteiger partial charge on any atom is 0.244 e. The zero-order valence-electron chi connectivity index (χ0n) is 22.1. The summed E-state index contributed by atoms with van der Waals surface area (Å²) >= 11 is 0. The molecule has 0 radical (unpaired) electrons. The van der Waals surface area contributed by atoms with E-state index < -0.39 is 22.0 Å². The summed E-state index contributed by atoms with van der Waals surface area (Å²) in [6.45, 7) is 7.47. The molecule has 1 saturated carbocycles. The highest BCUT2D eigenvalue weighted by molar-refractivity contribution is 7.92. The minimum absolute atomic E-state index is 0.129. The van der Waals surface area contributed by atoms with Gasteiger partial charge in [-0.15, -0.1) is 0 Å². The molecule has 0 saturated heterocycles. The largest absolute Gasteiger partial charge is 0.352 e. The van der Waals surface area contributed by atoms with E-state index in [4.69, 9.17) is 0 Å². The molecule has 0 spiro atoms. The van der Waals surface area contributed by atoms with Crippen LogP contribution in [-0.4, -0.2) is 50.0 Å². The number of sulfonamides is 1. The molecule has 1 aliphatic carbocycles. The summed E-state index contributed by atoms with van der Waals surface area (Å²) in [6.07, 6.45) is 5.61. The molecule has 8 heteroatoms. The number of nitrogens with one attached hydrogen (secondary N) is 1. The molecule has 2 aromatic carbocycles. The molecule has 3 rings (SSSR count). The summed E-state index contributed by atoms with van der Waals surface area (Å²) in [5.41, 5.74) is 4.15. The van der Waals surface area contributed by atoms with Crippen LogP contribution in [-0.2, 0) is 26.2 Å². The third kappa shape index (κ3) is 6.66. The zero-order chi connectivity index (χ0) is 26.5. The van der Waals surface area contributed by atoms with Gasteiger partial charge in [-0.2, -0.15) is 0 Å². The van der Waals surface area contributed by atoms with E-state index in [0.717, 1.165) is 58.5 Å². The minimum Gasteiger partial charge on any atom is -0.352 e. The molecule has 0 aromatic heterocycles. The number of aryl methyl sites for hydroxylation is 2. The molecule has 1 fully saturated rings. The van der Waals surface area contributed by atoms with Crippen molar-refractivity contribution in [1.82, 2.24) is 10.2 Å². The SMILES string of the molecule is CC[C@@H](C(=O)NC1CCCC1)N(Cc1ccccc1C)C(=O)CN(c1cccc(C)c1C)S(C)(=O)=O. The lowest BCUT2D eigenvalue weighted by molar-refractivity contribution is -0.140. The van der Waals surface area contributed by atoms with E-state index in [1.807, 2.05) is 58.0 Å². The number of amides is 2. The van der Waals surface area contributed by atoms with Crippen LogP contribution in [0.2, 0.25) is 0 Å². The lowest BCUT2D eigenvalue weighted by Gasteiger charge is -2.34. The first-order valence-electron chi connectivity index (χ1n) is 12.7. The molecule has 36 heavy (non-hydrogen) atoms. The molecule has 7 nitrogen and oxygen atoms in total. The van der Waals surface area contributed by atoms with E-state index in [2.05, 4.69) is 5.32 Å². The topological polar surface area (TPSA) is 86.8 Å². The molecule has 0 unspecified atom stereocenters. The lowest BCUT2D eigenvalue weighted by atomic mass is 10.1. The second kappa shape index (κ2) is 11.9. The van der Waals surface area contributed by atoms with Crippen LogP contribution >= 0.6 is 0 Å².